The number of likely N-dealkylation sites (tertiary alicyclic amines) is 1. The molecule has 2 aliphatic rings. The number of amides is 1. The van der Waals surface area contributed by atoms with Crippen molar-refractivity contribution < 1.29 is 9.53 Å². The molecule has 2 aliphatic heterocycles. The monoisotopic (exact) mass is 358 g/mol. The second kappa shape index (κ2) is 8.22. The van der Waals surface area contributed by atoms with Gasteiger partial charge in [-0.05, 0) is 38.4 Å². The topological polar surface area (TPSA) is 41.6 Å². The summed E-state index contributed by atoms with van der Waals surface area (Å²) in [4.78, 5) is 14.6. The molecule has 0 aromatic heterocycles. The molecule has 4 nitrogen and oxygen atoms in total. The summed E-state index contributed by atoms with van der Waals surface area (Å²) in [7, 11) is 0. The number of piperidine rings is 1. The normalized spacial score (nSPS) is 27.4. The quantitative estimate of drug-likeness (QED) is 0.902. The van der Waals surface area contributed by atoms with Gasteiger partial charge in [0.2, 0.25) is 5.91 Å². The van der Waals surface area contributed by atoms with Crippen LogP contribution < -0.4 is 10.1 Å². The number of ether oxygens (including phenoxy) is 1. The summed E-state index contributed by atoms with van der Waals surface area (Å²) in [5.74, 6) is 1.16. The molecule has 0 spiro atoms. The fourth-order valence-electron chi connectivity index (χ4n) is 3.36. The average Bonchev–Trinajstić information content (AvgIpc) is 2.97. The number of nitrogens with one attached hydrogen (secondary N) is 1. The molecule has 3 rings (SSSR count). The van der Waals surface area contributed by atoms with E-state index in [1.165, 1.54) is 0 Å². The Balaban J connectivity index is 0.00000192. The predicted octanol–water partition coefficient (Wildman–Crippen LogP) is 3.13. The maximum Gasteiger partial charge on any atom is 0.225 e. The van der Waals surface area contributed by atoms with Crippen LogP contribution in [0.5, 0.6) is 5.75 Å². The zero-order chi connectivity index (χ0) is 15.5. The minimum Gasteiger partial charge on any atom is -0.487 e. The first-order chi connectivity index (χ1) is 10.6. The number of para-hydroxylation sites is 1. The number of halogens is 2. The van der Waals surface area contributed by atoms with E-state index in [2.05, 4.69) is 12.2 Å². The van der Waals surface area contributed by atoms with Crippen LogP contribution in [0.15, 0.2) is 24.3 Å². The van der Waals surface area contributed by atoms with E-state index in [1.54, 1.807) is 0 Å². The van der Waals surface area contributed by atoms with E-state index >= 15 is 0 Å². The number of nitrogens with zero attached hydrogens (tertiary/aromatic N) is 1. The second-order valence-electron chi connectivity index (χ2n) is 6.32. The van der Waals surface area contributed by atoms with Crippen molar-refractivity contribution in [3.8, 4) is 5.75 Å². The lowest BCUT2D eigenvalue weighted by molar-refractivity contribution is -0.135. The first-order valence-corrected chi connectivity index (χ1v) is 8.44. The number of hydrogen-bond acceptors (Lipinski definition) is 3. The number of rotatable bonds is 3. The van der Waals surface area contributed by atoms with Gasteiger partial charge in [-0.15, -0.1) is 12.4 Å². The van der Waals surface area contributed by atoms with E-state index in [9.17, 15) is 4.79 Å². The van der Waals surface area contributed by atoms with Gasteiger partial charge in [0.1, 0.15) is 11.9 Å². The van der Waals surface area contributed by atoms with Crippen LogP contribution in [0.25, 0.3) is 0 Å². The van der Waals surface area contributed by atoms with Crippen molar-refractivity contribution in [2.45, 2.75) is 38.3 Å². The molecule has 0 saturated carbocycles. The van der Waals surface area contributed by atoms with Gasteiger partial charge < -0.3 is 15.0 Å². The van der Waals surface area contributed by atoms with E-state index in [4.69, 9.17) is 16.3 Å². The first-order valence-electron chi connectivity index (χ1n) is 8.07. The molecule has 23 heavy (non-hydrogen) atoms. The molecule has 1 amide bonds. The summed E-state index contributed by atoms with van der Waals surface area (Å²) < 4.78 is 5.96. The third kappa shape index (κ3) is 4.52. The van der Waals surface area contributed by atoms with Gasteiger partial charge in [0.05, 0.1) is 11.6 Å². The largest absolute Gasteiger partial charge is 0.487 e. The zero-order valence-electron chi connectivity index (χ0n) is 13.3. The van der Waals surface area contributed by atoms with Gasteiger partial charge in [-0.2, -0.15) is 0 Å². The maximum atomic E-state index is 12.6. The number of hydrogen-bond donors (Lipinski definition) is 1. The molecule has 128 valence electrons. The van der Waals surface area contributed by atoms with E-state index < -0.39 is 0 Å². The van der Waals surface area contributed by atoms with Crippen molar-refractivity contribution >= 4 is 29.9 Å². The van der Waals surface area contributed by atoms with Crippen LogP contribution in [0.2, 0.25) is 5.02 Å². The Hall–Kier alpha value is -0.970. The van der Waals surface area contributed by atoms with Gasteiger partial charge in [-0.3, -0.25) is 4.79 Å². The summed E-state index contributed by atoms with van der Waals surface area (Å²) in [6.07, 6.45) is 2.79. The maximum absolute atomic E-state index is 12.6. The molecule has 1 aromatic rings. The Labute approximate surface area is 148 Å². The number of carbonyl (C=O) groups is 1. The highest BCUT2D eigenvalue weighted by molar-refractivity contribution is 6.32. The molecule has 1 unspecified atom stereocenters. The molecule has 2 heterocycles. The molecule has 3 atom stereocenters. The van der Waals surface area contributed by atoms with Crippen molar-refractivity contribution in [1.29, 1.82) is 0 Å². The Bertz CT molecular complexity index is 541. The van der Waals surface area contributed by atoms with Crippen LogP contribution in [0.1, 0.15) is 26.2 Å². The lowest BCUT2D eigenvalue weighted by Gasteiger charge is -2.30. The fourth-order valence-corrected chi connectivity index (χ4v) is 3.54. The van der Waals surface area contributed by atoms with Crippen LogP contribution in [0, 0.1) is 5.92 Å². The SMILES string of the molecule is C[C@H]1C[C@@H](C(=O)N2CCC(Oc3ccccc3Cl)C2)CCN1.Cl. The molecule has 2 saturated heterocycles. The van der Waals surface area contributed by atoms with Crippen molar-refractivity contribution in [2.75, 3.05) is 19.6 Å². The van der Waals surface area contributed by atoms with Crippen molar-refractivity contribution in [1.82, 2.24) is 10.2 Å². The minimum absolute atomic E-state index is 0. The summed E-state index contributed by atoms with van der Waals surface area (Å²) in [6.45, 7) is 4.53. The number of carbonyl (C=O) groups excluding carboxylic acids is 1. The Morgan fingerprint density at radius 3 is 2.87 bits per heavy atom. The highest BCUT2D eigenvalue weighted by atomic mass is 35.5. The summed E-state index contributed by atoms with van der Waals surface area (Å²) in [5.41, 5.74) is 0. The van der Waals surface area contributed by atoms with E-state index in [0.717, 1.165) is 32.4 Å². The van der Waals surface area contributed by atoms with Crippen LogP contribution in [-0.4, -0.2) is 42.6 Å². The van der Waals surface area contributed by atoms with Crippen molar-refractivity contribution in [3.63, 3.8) is 0 Å². The lowest BCUT2D eigenvalue weighted by Crippen LogP contribution is -2.43. The molecule has 1 aromatic carbocycles. The van der Waals surface area contributed by atoms with Gasteiger partial charge in [0.15, 0.2) is 0 Å². The fraction of sp³-hybridized carbons (Fsp3) is 0.588. The van der Waals surface area contributed by atoms with E-state index in [-0.39, 0.29) is 24.4 Å². The van der Waals surface area contributed by atoms with Gasteiger partial charge >= 0.3 is 0 Å². The molecule has 2 fully saturated rings. The predicted molar refractivity (Wildman–Crippen MR) is 94.5 cm³/mol. The third-order valence-electron chi connectivity index (χ3n) is 4.56. The lowest BCUT2D eigenvalue weighted by atomic mass is 9.92. The van der Waals surface area contributed by atoms with Crippen LogP contribution >= 0.6 is 24.0 Å². The molecule has 0 bridgehead atoms. The standard InChI is InChI=1S/C17H23ClN2O2.ClH/c1-12-10-13(6-8-19-12)17(21)20-9-7-14(11-20)22-16-5-3-2-4-15(16)18;/h2-5,12-14,19H,6-11H2,1H3;1H/t12-,13-,14?;/m0./s1. The van der Waals surface area contributed by atoms with Crippen LogP contribution in [0.3, 0.4) is 0 Å². The smallest absolute Gasteiger partial charge is 0.225 e. The molecule has 1 N–H and O–H groups in total. The zero-order valence-corrected chi connectivity index (χ0v) is 14.9. The first kappa shape index (κ1) is 18.4. The van der Waals surface area contributed by atoms with E-state index in [1.807, 2.05) is 29.2 Å². The summed E-state index contributed by atoms with van der Waals surface area (Å²) >= 11 is 6.13. The highest BCUT2D eigenvalue weighted by Gasteiger charge is 2.33. The summed E-state index contributed by atoms with van der Waals surface area (Å²) in [6, 6.07) is 7.93. The average molecular weight is 359 g/mol. The van der Waals surface area contributed by atoms with Gasteiger partial charge in [-0.25, -0.2) is 0 Å². The Kier molecular flexibility index (Phi) is 6.57. The minimum atomic E-state index is 0. The number of benzene rings is 1. The van der Waals surface area contributed by atoms with Gasteiger partial charge in [0, 0.05) is 24.9 Å². The second-order valence-corrected chi connectivity index (χ2v) is 6.73. The Morgan fingerprint density at radius 1 is 1.35 bits per heavy atom. The molecule has 0 aliphatic carbocycles. The van der Waals surface area contributed by atoms with Gasteiger partial charge in [-0.1, -0.05) is 23.7 Å². The third-order valence-corrected chi connectivity index (χ3v) is 4.87. The molecular weight excluding hydrogens is 335 g/mol. The Morgan fingerprint density at radius 2 is 2.13 bits per heavy atom. The van der Waals surface area contributed by atoms with E-state index in [0.29, 0.717) is 29.3 Å². The van der Waals surface area contributed by atoms with Crippen molar-refractivity contribution in [2.24, 2.45) is 5.92 Å². The highest BCUT2D eigenvalue weighted by Crippen LogP contribution is 2.27. The van der Waals surface area contributed by atoms with Crippen molar-refractivity contribution in [3.05, 3.63) is 29.3 Å². The molecular formula is C17H24Cl2N2O2. The summed E-state index contributed by atoms with van der Waals surface area (Å²) in [5, 5.41) is 4.02. The molecule has 6 heteroatoms. The van der Waals surface area contributed by atoms with Crippen LogP contribution in [0.4, 0.5) is 0 Å². The molecule has 0 radical (unpaired) electrons. The van der Waals surface area contributed by atoms with Crippen LogP contribution in [-0.2, 0) is 4.79 Å². The van der Waals surface area contributed by atoms with Gasteiger partial charge in [0.25, 0.3) is 0 Å².